The van der Waals surface area contributed by atoms with Crippen molar-refractivity contribution in [1.82, 2.24) is 4.90 Å². The van der Waals surface area contributed by atoms with Crippen LogP contribution in [0.15, 0.2) is 18.2 Å². The maximum absolute atomic E-state index is 6.02. The lowest BCUT2D eigenvalue weighted by molar-refractivity contribution is 0.109. The molecular formula is C19H33N3. The lowest BCUT2D eigenvalue weighted by Crippen LogP contribution is -2.47. The van der Waals surface area contributed by atoms with E-state index in [0.717, 1.165) is 0 Å². The molecule has 2 rings (SSSR count). The van der Waals surface area contributed by atoms with Gasteiger partial charge in [-0.15, -0.1) is 0 Å². The number of hydrogen-bond acceptors (Lipinski definition) is 3. The smallest absolute Gasteiger partial charge is 0.0550 e. The molecular weight excluding hydrogens is 270 g/mol. The third-order valence-corrected chi connectivity index (χ3v) is 5.64. The van der Waals surface area contributed by atoms with Crippen LogP contribution in [0.4, 0.5) is 11.4 Å². The molecule has 1 fully saturated rings. The van der Waals surface area contributed by atoms with Crippen LogP contribution in [0.5, 0.6) is 0 Å². The molecule has 0 bridgehead atoms. The standard InChI is InChI=1S/C19H33N3/c1-4-5-6-7-11-22-12-10-19(3,15(2)14-22)16-8-9-17(20)18(21)13-16/h8-9,13,15H,4-7,10-12,14,20-21H2,1-3H3/t15-,19-/m0/s1. The number of nitrogens with two attached hydrogens (primary N) is 2. The molecule has 1 aliphatic rings. The summed E-state index contributed by atoms with van der Waals surface area (Å²) in [5.41, 5.74) is 14.8. The van der Waals surface area contributed by atoms with E-state index >= 15 is 0 Å². The number of nitrogen functional groups attached to an aromatic ring is 2. The summed E-state index contributed by atoms with van der Waals surface area (Å²) in [6.07, 6.45) is 6.59. The summed E-state index contributed by atoms with van der Waals surface area (Å²) < 4.78 is 0. The largest absolute Gasteiger partial charge is 0.397 e. The van der Waals surface area contributed by atoms with Crippen molar-refractivity contribution in [3.05, 3.63) is 23.8 Å². The number of nitrogens with zero attached hydrogens (tertiary/aromatic N) is 1. The van der Waals surface area contributed by atoms with Crippen LogP contribution in [0, 0.1) is 5.92 Å². The number of benzene rings is 1. The average molecular weight is 303 g/mol. The fraction of sp³-hybridized carbons (Fsp3) is 0.684. The van der Waals surface area contributed by atoms with Gasteiger partial charge in [0.15, 0.2) is 0 Å². The van der Waals surface area contributed by atoms with Crippen LogP contribution in [0.3, 0.4) is 0 Å². The van der Waals surface area contributed by atoms with Crippen LogP contribution < -0.4 is 11.5 Å². The molecule has 0 unspecified atom stereocenters. The zero-order valence-corrected chi connectivity index (χ0v) is 14.6. The van der Waals surface area contributed by atoms with Crippen LogP contribution >= 0.6 is 0 Å². The van der Waals surface area contributed by atoms with E-state index in [2.05, 4.69) is 37.8 Å². The Morgan fingerprint density at radius 3 is 2.59 bits per heavy atom. The molecule has 4 N–H and O–H groups in total. The predicted octanol–water partition coefficient (Wildman–Crippen LogP) is 4.03. The van der Waals surface area contributed by atoms with E-state index in [-0.39, 0.29) is 5.41 Å². The van der Waals surface area contributed by atoms with E-state index in [1.165, 1.54) is 57.3 Å². The molecule has 1 saturated heterocycles. The topological polar surface area (TPSA) is 55.3 Å². The van der Waals surface area contributed by atoms with Crippen molar-refractivity contribution < 1.29 is 0 Å². The van der Waals surface area contributed by atoms with Crippen molar-refractivity contribution in [2.24, 2.45) is 5.92 Å². The normalized spacial score (nSPS) is 26.2. The van der Waals surface area contributed by atoms with E-state index in [4.69, 9.17) is 11.5 Å². The third kappa shape index (κ3) is 3.75. The Bertz CT molecular complexity index is 486. The number of rotatable bonds is 6. The first-order valence-electron chi connectivity index (χ1n) is 8.85. The lowest BCUT2D eigenvalue weighted by Gasteiger charge is -2.45. The molecule has 1 aromatic carbocycles. The summed E-state index contributed by atoms with van der Waals surface area (Å²) in [5.74, 6) is 0.635. The number of likely N-dealkylation sites (tertiary alicyclic amines) is 1. The Labute approximate surface area is 136 Å². The van der Waals surface area contributed by atoms with Gasteiger partial charge < -0.3 is 16.4 Å². The van der Waals surface area contributed by atoms with Crippen molar-refractivity contribution in [3.63, 3.8) is 0 Å². The monoisotopic (exact) mass is 303 g/mol. The number of unbranched alkanes of at least 4 members (excludes halogenated alkanes) is 3. The number of piperidine rings is 1. The SMILES string of the molecule is CCCCCCN1CC[C@](C)(c2ccc(N)c(N)c2)[C@@H](C)C1. The molecule has 0 saturated carbocycles. The first-order valence-corrected chi connectivity index (χ1v) is 8.85. The van der Waals surface area contributed by atoms with Gasteiger partial charge in [-0.2, -0.15) is 0 Å². The Morgan fingerprint density at radius 2 is 1.95 bits per heavy atom. The van der Waals surface area contributed by atoms with E-state index in [1.54, 1.807) is 0 Å². The molecule has 3 nitrogen and oxygen atoms in total. The number of anilines is 2. The highest BCUT2D eigenvalue weighted by atomic mass is 15.1. The van der Waals surface area contributed by atoms with Crippen molar-refractivity contribution in [2.75, 3.05) is 31.1 Å². The van der Waals surface area contributed by atoms with Gasteiger partial charge in [0.05, 0.1) is 11.4 Å². The van der Waals surface area contributed by atoms with Crippen LogP contribution in [-0.2, 0) is 5.41 Å². The molecule has 1 aliphatic heterocycles. The molecule has 0 aliphatic carbocycles. The quantitative estimate of drug-likeness (QED) is 0.616. The molecule has 22 heavy (non-hydrogen) atoms. The minimum atomic E-state index is 0.210. The van der Waals surface area contributed by atoms with E-state index in [1.807, 2.05) is 6.07 Å². The highest BCUT2D eigenvalue weighted by molar-refractivity contribution is 5.64. The molecule has 0 amide bonds. The molecule has 0 spiro atoms. The van der Waals surface area contributed by atoms with Gasteiger partial charge in [0.1, 0.15) is 0 Å². The summed E-state index contributed by atoms with van der Waals surface area (Å²) in [5, 5.41) is 0. The zero-order valence-electron chi connectivity index (χ0n) is 14.6. The summed E-state index contributed by atoms with van der Waals surface area (Å²) in [4.78, 5) is 2.64. The first-order chi connectivity index (χ1) is 10.5. The second kappa shape index (κ2) is 7.36. The van der Waals surface area contributed by atoms with Crippen molar-refractivity contribution >= 4 is 11.4 Å². The molecule has 1 heterocycles. The van der Waals surface area contributed by atoms with Crippen LogP contribution in [-0.4, -0.2) is 24.5 Å². The van der Waals surface area contributed by atoms with Crippen LogP contribution in [0.25, 0.3) is 0 Å². The van der Waals surface area contributed by atoms with E-state index in [9.17, 15) is 0 Å². The molecule has 124 valence electrons. The van der Waals surface area contributed by atoms with Crippen molar-refractivity contribution in [3.8, 4) is 0 Å². The fourth-order valence-electron chi connectivity index (χ4n) is 3.64. The zero-order chi connectivity index (χ0) is 16.2. The molecule has 0 radical (unpaired) electrons. The Kier molecular flexibility index (Phi) is 5.74. The first kappa shape index (κ1) is 17.1. The molecule has 1 aromatic rings. The maximum Gasteiger partial charge on any atom is 0.0550 e. The summed E-state index contributed by atoms with van der Waals surface area (Å²) >= 11 is 0. The lowest BCUT2D eigenvalue weighted by atomic mass is 9.68. The van der Waals surface area contributed by atoms with E-state index in [0.29, 0.717) is 17.3 Å². The van der Waals surface area contributed by atoms with Crippen molar-refractivity contribution in [1.29, 1.82) is 0 Å². The second-order valence-electron chi connectivity index (χ2n) is 7.27. The predicted molar refractivity (Wildman–Crippen MR) is 97.0 cm³/mol. The van der Waals surface area contributed by atoms with Crippen LogP contribution in [0.2, 0.25) is 0 Å². The molecule has 3 heteroatoms. The average Bonchev–Trinajstić information content (AvgIpc) is 2.50. The Hall–Kier alpha value is -1.22. The van der Waals surface area contributed by atoms with Crippen LogP contribution in [0.1, 0.15) is 58.4 Å². The highest BCUT2D eigenvalue weighted by Gasteiger charge is 2.37. The van der Waals surface area contributed by atoms with E-state index < -0.39 is 0 Å². The highest BCUT2D eigenvalue weighted by Crippen LogP contribution is 2.40. The van der Waals surface area contributed by atoms with Gasteiger partial charge in [-0.3, -0.25) is 0 Å². The summed E-state index contributed by atoms with van der Waals surface area (Å²) in [6, 6.07) is 6.21. The number of hydrogen-bond donors (Lipinski definition) is 2. The summed E-state index contributed by atoms with van der Waals surface area (Å²) in [7, 11) is 0. The molecule has 0 aromatic heterocycles. The summed E-state index contributed by atoms with van der Waals surface area (Å²) in [6.45, 7) is 10.7. The Balaban J connectivity index is 1.98. The van der Waals surface area contributed by atoms with Crippen molar-refractivity contribution in [2.45, 2.75) is 58.3 Å². The van der Waals surface area contributed by atoms with Gasteiger partial charge in [-0.25, -0.2) is 0 Å². The van der Waals surface area contributed by atoms with Gasteiger partial charge in [0.25, 0.3) is 0 Å². The van der Waals surface area contributed by atoms with Gasteiger partial charge >= 0.3 is 0 Å². The third-order valence-electron chi connectivity index (χ3n) is 5.64. The maximum atomic E-state index is 6.02. The fourth-order valence-corrected chi connectivity index (χ4v) is 3.64. The van der Waals surface area contributed by atoms with Gasteiger partial charge in [0.2, 0.25) is 0 Å². The second-order valence-corrected chi connectivity index (χ2v) is 7.27. The minimum Gasteiger partial charge on any atom is -0.397 e. The van der Waals surface area contributed by atoms with Gasteiger partial charge in [-0.05, 0) is 55.0 Å². The Morgan fingerprint density at radius 1 is 1.18 bits per heavy atom. The minimum absolute atomic E-state index is 0.210. The molecule has 2 atom stereocenters. The van der Waals surface area contributed by atoms with Gasteiger partial charge in [-0.1, -0.05) is 46.1 Å². The van der Waals surface area contributed by atoms with Gasteiger partial charge in [0, 0.05) is 6.54 Å².